The SMILES string of the molecule is O=C(CCCc1ccc(Cl)cc1)N1C[C@H](O)[C@@H](N2CCCCC2)C1. The van der Waals surface area contributed by atoms with Gasteiger partial charge in [0.2, 0.25) is 5.91 Å². The highest BCUT2D eigenvalue weighted by Crippen LogP contribution is 2.22. The van der Waals surface area contributed by atoms with Crippen LogP contribution in [0.15, 0.2) is 24.3 Å². The maximum atomic E-state index is 12.4. The van der Waals surface area contributed by atoms with Gasteiger partial charge >= 0.3 is 0 Å². The molecule has 5 heteroatoms. The molecule has 24 heavy (non-hydrogen) atoms. The molecule has 2 fully saturated rings. The van der Waals surface area contributed by atoms with Crippen molar-refractivity contribution in [1.29, 1.82) is 0 Å². The number of likely N-dealkylation sites (tertiary alicyclic amines) is 2. The summed E-state index contributed by atoms with van der Waals surface area (Å²) in [5, 5.41) is 11.1. The van der Waals surface area contributed by atoms with E-state index in [-0.39, 0.29) is 11.9 Å². The van der Waals surface area contributed by atoms with Crippen LogP contribution in [0.5, 0.6) is 0 Å². The highest BCUT2D eigenvalue weighted by molar-refractivity contribution is 6.30. The van der Waals surface area contributed by atoms with E-state index in [0.29, 0.717) is 19.5 Å². The van der Waals surface area contributed by atoms with Crippen molar-refractivity contribution in [2.45, 2.75) is 50.7 Å². The van der Waals surface area contributed by atoms with E-state index in [1.165, 1.54) is 24.8 Å². The number of piperidine rings is 1. The maximum absolute atomic E-state index is 12.4. The summed E-state index contributed by atoms with van der Waals surface area (Å²) in [6.07, 6.45) is 5.56. The zero-order valence-electron chi connectivity index (χ0n) is 14.2. The second kappa shape index (κ2) is 8.32. The molecule has 2 saturated heterocycles. The molecule has 0 bridgehead atoms. The van der Waals surface area contributed by atoms with Crippen LogP contribution >= 0.6 is 11.6 Å². The molecule has 2 aliphatic heterocycles. The van der Waals surface area contributed by atoms with E-state index < -0.39 is 6.10 Å². The molecule has 3 rings (SSSR count). The first kappa shape index (κ1) is 17.7. The molecule has 0 spiro atoms. The number of aryl methyl sites for hydroxylation is 1. The van der Waals surface area contributed by atoms with Crippen molar-refractivity contribution in [2.75, 3.05) is 26.2 Å². The van der Waals surface area contributed by atoms with E-state index in [2.05, 4.69) is 4.90 Å². The number of benzene rings is 1. The zero-order valence-corrected chi connectivity index (χ0v) is 14.9. The van der Waals surface area contributed by atoms with Crippen LogP contribution in [-0.2, 0) is 11.2 Å². The number of β-amino-alcohol motifs (C(OH)–C–C–N with tert-alkyl or cyclic N) is 1. The number of aliphatic hydroxyl groups excluding tert-OH is 1. The molecule has 1 N–H and O–H groups in total. The Hall–Kier alpha value is -1.10. The Labute approximate surface area is 149 Å². The van der Waals surface area contributed by atoms with Gasteiger partial charge in [-0.3, -0.25) is 9.69 Å². The van der Waals surface area contributed by atoms with Crippen LogP contribution in [0.3, 0.4) is 0 Å². The van der Waals surface area contributed by atoms with Crippen molar-refractivity contribution >= 4 is 17.5 Å². The first-order valence-corrected chi connectivity index (χ1v) is 9.45. The predicted octanol–water partition coefficient (Wildman–Crippen LogP) is 2.72. The standard InChI is InChI=1S/C19H27ClN2O2/c20-16-9-7-15(8-10-16)5-4-6-19(24)22-13-17(18(23)14-22)21-11-2-1-3-12-21/h7-10,17-18,23H,1-6,11-14H2/t17-,18-/m0/s1. The lowest BCUT2D eigenvalue weighted by Gasteiger charge is -2.33. The fourth-order valence-electron chi connectivity index (χ4n) is 3.83. The molecule has 2 atom stereocenters. The van der Waals surface area contributed by atoms with Gasteiger partial charge in [-0.2, -0.15) is 0 Å². The molecule has 1 aromatic rings. The molecule has 0 radical (unpaired) electrons. The minimum absolute atomic E-state index is 0.130. The number of aliphatic hydroxyl groups is 1. The third-order valence-corrected chi connectivity index (χ3v) is 5.49. The van der Waals surface area contributed by atoms with Crippen LogP contribution in [0.1, 0.15) is 37.7 Å². The van der Waals surface area contributed by atoms with Crippen LogP contribution in [0.2, 0.25) is 5.02 Å². The van der Waals surface area contributed by atoms with E-state index in [1.54, 1.807) is 0 Å². The molecule has 132 valence electrons. The van der Waals surface area contributed by atoms with Crippen molar-refractivity contribution < 1.29 is 9.90 Å². The van der Waals surface area contributed by atoms with E-state index in [1.807, 2.05) is 29.2 Å². The van der Waals surface area contributed by atoms with Gasteiger partial charge in [0, 0.05) is 24.5 Å². The van der Waals surface area contributed by atoms with Gasteiger partial charge in [-0.15, -0.1) is 0 Å². The fourth-order valence-corrected chi connectivity index (χ4v) is 3.96. The average Bonchev–Trinajstić information content (AvgIpc) is 2.99. The number of halogens is 1. The number of hydrogen-bond acceptors (Lipinski definition) is 3. The first-order chi connectivity index (χ1) is 11.6. The third kappa shape index (κ3) is 4.50. The van der Waals surface area contributed by atoms with E-state index in [4.69, 9.17) is 11.6 Å². The van der Waals surface area contributed by atoms with Gasteiger partial charge < -0.3 is 10.0 Å². The Morgan fingerprint density at radius 2 is 1.83 bits per heavy atom. The number of rotatable bonds is 5. The minimum Gasteiger partial charge on any atom is -0.390 e. The molecular weight excluding hydrogens is 324 g/mol. The molecule has 0 saturated carbocycles. The Morgan fingerprint density at radius 3 is 2.54 bits per heavy atom. The lowest BCUT2D eigenvalue weighted by Crippen LogP contribution is -2.46. The van der Waals surface area contributed by atoms with Crippen LogP contribution in [0.4, 0.5) is 0 Å². The topological polar surface area (TPSA) is 43.8 Å². The Balaban J connectivity index is 1.44. The summed E-state index contributed by atoms with van der Waals surface area (Å²) in [5.41, 5.74) is 1.21. The van der Waals surface area contributed by atoms with E-state index >= 15 is 0 Å². The molecular formula is C19H27ClN2O2. The van der Waals surface area contributed by atoms with Crippen LogP contribution in [0, 0.1) is 0 Å². The van der Waals surface area contributed by atoms with Crippen molar-refractivity contribution in [3.63, 3.8) is 0 Å². The summed E-state index contributed by atoms with van der Waals surface area (Å²) in [6, 6.07) is 7.93. The number of carbonyl (C=O) groups is 1. The molecule has 0 aliphatic carbocycles. The van der Waals surface area contributed by atoms with Crippen LogP contribution < -0.4 is 0 Å². The summed E-state index contributed by atoms with van der Waals surface area (Å²) in [7, 11) is 0. The number of hydrogen-bond donors (Lipinski definition) is 1. The van der Waals surface area contributed by atoms with Gasteiger partial charge in [0.1, 0.15) is 0 Å². The summed E-state index contributed by atoms with van der Waals surface area (Å²) in [5.74, 6) is 0.169. The highest BCUT2D eigenvalue weighted by atomic mass is 35.5. The fraction of sp³-hybridized carbons (Fsp3) is 0.632. The number of carbonyl (C=O) groups excluding carboxylic acids is 1. The van der Waals surface area contributed by atoms with Gasteiger partial charge in [-0.25, -0.2) is 0 Å². The quantitative estimate of drug-likeness (QED) is 0.888. The molecule has 2 aliphatic rings. The normalized spacial score (nSPS) is 25.2. The second-order valence-electron chi connectivity index (χ2n) is 7.01. The van der Waals surface area contributed by atoms with Crippen molar-refractivity contribution in [3.05, 3.63) is 34.9 Å². The van der Waals surface area contributed by atoms with Gasteiger partial charge in [-0.05, 0) is 56.5 Å². The van der Waals surface area contributed by atoms with Gasteiger partial charge in [-0.1, -0.05) is 30.2 Å². The van der Waals surface area contributed by atoms with E-state index in [9.17, 15) is 9.90 Å². The smallest absolute Gasteiger partial charge is 0.222 e. The molecule has 2 heterocycles. The Bertz CT molecular complexity index is 543. The monoisotopic (exact) mass is 350 g/mol. The van der Waals surface area contributed by atoms with Crippen LogP contribution in [0.25, 0.3) is 0 Å². The van der Waals surface area contributed by atoms with Gasteiger partial charge in [0.05, 0.1) is 12.1 Å². The van der Waals surface area contributed by atoms with E-state index in [0.717, 1.165) is 31.0 Å². The summed E-state index contributed by atoms with van der Waals surface area (Å²) in [4.78, 5) is 16.7. The Kier molecular flexibility index (Phi) is 6.14. The lowest BCUT2D eigenvalue weighted by molar-refractivity contribution is -0.130. The largest absolute Gasteiger partial charge is 0.390 e. The summed E-state index contributed by atoms with van der Waals surface area (Å²) >= 11 is 5.89. The molecule has 0 unspecified atom stereocenters. The third-order valence-electron chi connectivity index (χ3n) is 5.24. The van der Waals surface area contributed by atoms with Crippen molar-refractivity contribution in [1.82, 2.24) is 9.80 Å². The van der Waals surface area contributed by atoms with Gasteiger partial charge in [0.25, 0.3) is 0 Å². The predicted molar refractivity (Wildman–Crippen MR) is 96.2 cm³/mol. The second-order valence-corrected chi connectivity index (χ2v) is 7.45. The van der Waals surface area contributed by atoms with Crippen molar-refractivity contribution in [2.24, 2.45) is 0 Å². The van der Waals surface area contributed by atoms with Crippen molar-refractivity contribution in [3.8, 4) is 0 Å². The lowest BCUT2D eigenvalue weighted by atomic mass is 10.1. The summed E-state index contributed by atoms with van der Waals surface area (Å²) in [6.45, 7) is 3.28. The number of nitrogens with zero attached hydrogens (tertiary/aromatic N) is 2. The first-order valence-electron chi connectivity index (χ1n) is 9.08. The zero-order chi connectivity index (χ0) is 16.9. The molecule has 0 aromatic heterocycles. The average molecular weight is 351 g/mol. The molecule has 1 amide bonds. The maximum Gasteiger partial charge on any atom is 0.222 e. The van der Waals surface area contributed by atoms with Gasteiger partial charge in [0.15, 0.2) is 0 Å². The highest BCUT2D eigenvalue weighted by Gasteiger charge is 2.37. The van der Waals surface area contributed by atoms with Crippen LogP contribution in [-0.4, -0.2) is 59.1 Å². The number of amides is 1. The molecule has 4 nitrogen and oxygen atoms in total. The summed E-state index contributed by atoms with van der Waals surface area (Å²) < 4.78 is 0. The minimum atomic E-state index is -0.400. The Morgan fingerprint density at radius 1 is 1.12 bits per heavy atom. The molecule has 1 aromatic carbocycles.